The molecule has 0 saturated carbocycles. The van der Waals surface area contributed by atoms with Crippen LogP contribution in [0, 0.1) is 0 Å². The van der Waals surface area contributed by atoms with E-state index in [9.17, 15) is 18.0 Å². The molecule has 29 heavy (non-hydrogen) atoms. The van der Waals surface area contributed by atoms with Gasteiger partial charge in [0.25, 0.3) is 0 Å². The summed E-state index contributed by atoms with van der Waals surface area (Å²) in [5.74, 6) is -0.383. The standard InChI is InChI=1S/C18H17Cl2F3N4O2/c19-10-1-2-14(12(5-10)18(21,22)23)27-11-6-13(20)15(25-7-11)8-26-16(28)17(24)3-4-29-9-17/h1-2,5-7,27H,3-4,8-9,24H2,(H,26,28)/t17-/m0/s1. The van der Waals surface area contributed by atoms with E-state index in [1.807, 2.05) is 0 Å². The van der Waals surface area contributed by atoms with Crippen LogP contribution in [-0.2, 0) is 22.3 Å². The minimum Gasteiger partial charge on any atom is -0.379 e. The number of pyridine rings is 1. The molecule has 6 nitrogen and oxygen atoms in total. The summed E-state index contributed by atoms with van der Waals surface area (Å²) in [6.07, 6.45) is -2.86. The maximum Gasteiger partial charge on any atom is 0.418 e. The first-order chi connectivity index (χ1) is 13.6. The van der Waals surface area contributed by atoms with E-state index in [2.05, 4.69) is 15.6 Å². The van der Waals surface area contributed by atoms with Gasteiger partial charge in [-0.3, -0.25) is 9.78 Å². The van der Waals surface area contributed by atoms with E-state index >= 15 is 0 Å². The minimum absolute atomic E-state index is 0.0195. The monoisotopic (exact) mass is 448 g/mol. The molecular formula is C18H17Cl2F3N4O2. The van der Waals surface area contributed by atoms with Crippen LogP contribution in [0.4, 0.5) is 24.5 Å². The molecule has 1 aliphatic rings. The highest BCUT2D eigenvalue weighted by atomic mass is 35.5. The molecule has 11 heteroatoms. The van der Waals surface area contributed by atoms with Crippen molar-refractivity contribution in [3.63, 3.8) is 0 Å². The van der Waals surface area contributed by atoms with E-state index in [1.165, 1.54) is 24.4 Å². The molecule has 1 aliphatic heterocycles. The van der Waals surface area contributed by atoms with Crippen molar-refractivity contribution in [1.29, 1.82) is 0 Å². The molecule has 0 aliphatic carbocycles. The molecule has 0 radical (unpaired) electrons. The number of rotatable bonds is 5. The Morgan fingerprint density at radius 3 is 2.69 bits per heavy atom. The van der Waals surface area contributed by atoms with Crippen LogP contribution in [0.5, 0.6) is 0 Å². The highest BCUT2D eigenvalue weighted by molar-refractivity contribution is 6.31. The Kier molecular flexibility index (Phi) is 6.23. The lowest BCUT2D eigenvalue weighted by Crippen LogP contribution is -2.54. The van der Waals surface area contributed by atoms with Gasteiger partial charge in [-0.15, -0.1) is 0 Å². The van der Waals surface area contributed by atoms with Crippen molar-refractivity contribution in [2.75, 3.05) is 18.5 Å². The van der Waals surface area contributed by atoms with Gasteiger partial charge in [0.1, 0.15) is 5.54 Å². The SMILES string of the molecule is N[C@@]1(C(=O)NCc2ncc(Nc3ccc(Cl)cc3C(F)(F)F)cc2Cl)CCOC1. The zero-order valence-electron chi connectivity index (χ0n) is 14.9. The molecule has 1 saturated heterocycles. The Morgan fingerprint density at radius 2 is 2.07 bits per heavy atom. The molecule has 156 valence electrons. The molecule has 4 N–H and O–H groups in total. The summed E-state index contributed by atoms with van der Waals surface area (Å²) in [5.41, 5.74) is 4.38. The van der Waals surface area contributed by atoms with Crippen LogP contribution in [-0.4, -0.2) is 29.6 Å². The third-order valence-corrected chi connectivity index (χ3v) is 4.97. The van der Waals surface area contributed by atoms with Gasteiger partial charge in [0.2, 0.25) is 5.91 Å². The van der Waals surface area contributed by atoms with Crippen molar-refractivity contribution in [2.24, 2.45) is 5.73 Å². The van der Waals surface area contributed by atoms with Gasteiger partial charge in [0.15, 0.2) is 0 Å². The Hall–Kier alpha value is -2.07. The number of halogens is 5. The van der Waals surface area contributed by atoms with Crippen LogP contribution in [0.15, 0.2) is 30.5 Å². The Morgan fingerprint density at radius 1 is 1.31 bits per heavy atom. The number of anilines is 2. The number of nitrogens with zero attached hydrogens (tertiary/aromatic N) is 1. The zero-order chi connectivity index (χ0) is 21.2. The fourth-order valence-corrected chi connectivity index (χ4v) is 3.19. The van der Waals surface area contributed by atoms with Crippen molar-refractivity contribution < 1.29 is 22.7 Å². The van der Waals surface area contributed by atoms with Crippen molar-refractivity contribution >= 4 is 40.5 Å². The van der Waals surface area contributed by atoms with Crippen molar-refractivity contribution in [2.45, 2.75) is 24.7 Å². The third kappa shape index (κ3) is 5.11. The largest absolute Gasteiger partial charge is 0.418 e. The second-order valence-corrected chi connectivity index (χ2v) is 7.45. The molecule has 2 aromatic rings. The summed E-state index contributed by atoms with van der Waals surface area (Å²) >= 11 is 11.9. The topological polar surface area (TPSA) is 89.3 Å². The number of benzene rings is 1. The van der Waals surface area contributed by atoms with Crippen LogP contribution in [0.25, 0.3) is 0 Å². The first kappa shape index (κ1) is 21.6. The number of nitrogens with one attached hydrogen (secondary N) is 2. The molecule has 1 aromatic carbocycles. The predicted octanol–water partition coefficient (Wildman–Crippen LogP) is 3.88. The third-order valence-electron chi connectivity index (χ3n) is 4.40. The Bertz CT molecular complexity index is 918. The second-order valence-electron chi connectivity index (χ2n) is 6.61. The van der Waals surface area contributed by atoms with Gasteiger partial charge in [-0.2, -0.15) is 13.2 Å². The summed E-state index contributed by atoms with van der Waals surface area (Å²) in [7, 11) is 0. The first-order valence-corrected chi connectivity index (χ1v) is 9.27. The Balaban J connectivity index is 1.71. The van der Waals surface area contributed by atoms with Gasteiger partial charge in [0.05, 0.1) is 47.0 Å². The van der Waals surface area contributed by atoms with Gasteiger partial charge >= 0.3 is 6.18 Å². The number of hydrogen-bond acceptors (Lipinski definition) is 5. The second kappa shape index (κ2) is 8.35. The van der Waals surface area contributed by atoms with Crippen LogP contribution in [0.2, 0.25) is 10.0 Å². The Labute approximate surface area is 174 Å². The summed E-state index contributed by atoms with van der Waals surface area (Å²) < 4.78 is 44.8. The molecule has 2 heterocycles. The lowest BCUT2D eigenvalue weighted by molar-refractivity contribution is -0.137. The van der Waals surface area contributed by atoms with E-state index in [4.69, 9.17) is 33.7 Å². The number of aromatic nitrogens is 1. The summed E-state index contributed by atoms with van der Waals surface area (Å²) in [5, 5.41) is 5.43. The smallest absolute Gasteiger partial charge is 0.379 e. The quantitative estimate of drug-likeness (QED) is 0.645. The van der Waals surface area contributed by atoms with Crippen LogP contribution >= 0.6 is 23.2 Å². The highest BCUT2D eigenvalue weighted by Crippen LogP contribution is 2.37. The number of amides is 1. The van der Waals surface area contributed by atoms with Gasteiger partial charge in [-0.25, -0.2) is 0 Å². The average molecular weight is 449 g/mol. The number of carbonyl (C=O) groups excluding carboxylic acids is 1. The van der Waals surface area contributed by atoms with E-state index in [-0.39, 0.29) is 40.5 Å². The maximum atomic E-state index is 13.2. The van der Waals surface area contributed by atoms with Crippen molar-refractivity contribution in [1.82, 2.24) is 10.3 Å². The van der Waals surface area contributed by atoms with E-state index in [0.717, 1.165) is 6.07 Å². The fourth-order valence-electron chi connectivity index (χ4n) is 2.78. The van der Waals surface area contributed by atoms with Gasteiger partial charge in [-0.05, 0) is 30.7 Å². The van der Waals surface area contributed by atoms with Gasteiger partial charge < -0.3 is 21.1 Å². The van der Waals surface area contributed by atoms with E-state index in [0.29, 0.717) is 18.7 Å². The molecular weight excluding hydrogens is 432 g/mol. The predicted molar refractivity (Wildman–Crippen MR) is 103 cm³/mol. The van der Waals surface area contributed by atoms with Crippen LogP contribution in [0.3, 0.4) is 0 Å². The lowest BCUT2D eigenvalue weighted by Gasteiger charge is -2.20. The average Bonchev–Trinajstić information content (AvgIpc) is 3.09. The zero-order valence-corrected chi connectivity index (χ0v) is 16.5. The van der Waals surface area contributed by atoms with Crippen LogP contribution in [0.1, 0.15) is 17.7 Å². The highest BCUT2D eigenvalue weighted by Gasteiger charge is 2.38. The van der Waals surface area contributed by atoms with E-state index in [1.54, 1.807) is 0 Å². The molecule has 0 unspecified atom stereocenters. The summed E-state index contributed by atoms with van der Waals surface area (Å²) in [6, 6.07) is 4.81. The van der Waals surface area contributed by atoms with Crippen LogP contribution < -0.4 is 16.4 Å². The number of nitrogens with two attached hydrogens (primary N) is 1. The van der Waals surface area contributed by atoms with Crippen molar-refractivity contribution in [3.8, 4) is 0 Å². The molecule has 3 rings (SSSR count). The fraction of sp³-hybridized carbons (Fsp3) is 0.333. The molecule has 1 amide bonds. The number of carbonyl (C=O) groups is 1. The maximum absolute atomic E-state index is 13.2. The number of alkyl halides is 3. The summed E-state index contributed by atoms with van der Waals surface area (Å²) in [4.78, 5) is 16.3. The molecule has 1 atom stereocenters. The normalized spacial score (nSPS) is 19.2. The lowest BCUT2D eigenvalue weighted by atomic mass is 9.99. The molecule has 0 bridgehead atoms. The number of hydrogen-bond donors (Lipinski definition) is 3. The minimum atomic E-state index is -4.59. The molecule has 1 aromatic heterocycles. The van der Waals surface area contributed by atoms with Crippen molar-refractivity contribution in [3.05, 3.63) is 51.8 Å². The molecule has 1 fully saturated rings. The van der Waals surface area contributed by atoms with E-state index < -0.39 is 17.3 Å². The summed E-state index contributed by atoms with van der Waals surface area (Å²) in [6.45, 7) is 0.561. The van der Waals surface area contributed by atoms with Gasteiger partial charge in [0, 0.05) is 11.6 Å². The number of ether oxygens (including phenoxy) is 1. The van der Waals surface area contributed by atoms with Gasteiger partial charge in [-0.1, -0.05) is 23.2 Å². The first-order valence-electron chi connectivity index (χ1n) is 8.52. The molecule has 0 spiro atoms.